The summed E-state index contributed by atoms with van der Waals surface area (Å²) in [6.07, 6.45) is 0. The molecule has 0 aliphatic rings. The lowest BCUT2D eigenvalue weighted by Gasteiger charge is -2.02. The molecule has 0 unspecified atom stereocenters. The number of aromatic nitrogens is 2. The molecule has 4 nitrogen and oxygen atoms in total. The van der Waals surface area contributed by atoms with Crippen LogP contribution in [0.4, 0.5) is 14.6 Å². The van der Waals surface area contributed by atoms with Crippen molar-refractivity contribution >= 4 is 5.82 Å². The monoisotopic (exact) mass is 225 g/mol. The van der Waals surface area contributed by atoms with E-state index in [0.29, 0.717) is 0 Å². The molecule has 0 saturated heterocycles. The average molecular weight is 225 g/mol. The molecule has 0 bridgehead atoms. The van der Waals surface area contributed by atoms with Crippen molar-refractivity contribution < 1.29 is 13.9 Å². The van der Waals surface area contributed by atoms with E-state index in [1.807, 2.05) is 0 Å². The van der Waals surface area contributed by atoms with Gasteiger partial charge in [0, 0.05) is 13.1 Å². The third-order valence-electron chi connectivity index (χ3n) is 2.24. The van der Waals surface area contributed by atoms with Gasteiger partial charge in [-0.25, -0.2) is 8.78 Å². The van der Waals surface area contributed by atoms with Gasteiger partial charge in [-0.15, -0.1) is 0 Å². The summed E-state index contributed by atoms with van der Waals surface area (Å²) in [4.78, 5) is 0. The normalized spacial score (nSPS) is 10.7. The number of hydrogen-bond donors (Lipinski definition) is 2. The van der Waals surface area contributed by atoms with E-state index >= 15 is 0 Å². The van der Waals surface area contributed by atoms with Crippen molar-refractivity contribution in [1.29, 1.82) is 0 Å². The second-order valence-electron chi connectivity index (χ2n) is 3.33. The predicted octanol–water partition coefficient (Wildman–Crippen LogP) is 1.65. The second-order valence-corrected chi connectivity index (χ2v) is 3.33. The maximum Gasteiger partial charge on any atom is 0.177 e. The number of anilines is 1. The van der Waals surface area contributed by atoms with Gasteiger partial charge in [0.15, 0.2) is 11.6 Å². The van der Waals surface area contributed by atoms with E-state index in [9.17, 15) is 8.78 Å². The number of phenolic OH excluding ortho intramolecular Hbond substituents is 1. The van der Waals surface area contributed by atoms with Crippen LogP contribution in [0.2, 0.25) is 0 Å². The van der Waals surface area contributed by atoms with Crippen LogP contribution in [0, 0.1) is 11.6 Å². The fourth-order valence-electron chi connectivity index (χ4n) is 1.38. The lowest BCUT2D eigenvalue weighted by atomic mass is 10.1. The molecular weight excluding hydrogens is 216 g/mol. The molecule has 0 spiro atoms. The van der Waals surface area contributed by atoms with Gasteiger partial charge in [-0.3, -0.25) is 4.68 Å². The molecule has 0 aliphatic heterocycles. The van der Waals surface area contributed by atoms with Crippen molar-refractivity contribution in [2.75, 3.05) is 5.73 Å². The molecule has 0 fully saturated rings. The summed E-state index contributed by atoms with van der Waals surface area (Å²) in [5.41, 5.74) is 5.17. The van der Waals surface area contributed by atoms with E-state index in [4.69, 9.17) is 10.8 Å². The Kier molecular flexibility index (Phi) is 2.26. The standard InChI is InChI=1S/C10H9F2N3O/c1-15-8(13)4-6(14-15)9-5(11)2-3-7(16)10(9)12/h2-4,16H,13H2,1H3. The van der Waals surface area contributed by atoms with E-state index in [0.717, 1.165) is 12.1 Å². The maximum absolute atomic E-state index is 13.5. The van der Waals surface area contributed by atoms with Crippen LogP contribution < -0.4 is 5.73 Å². The zero-order valence-corrected chi connectivity index (χ0v) is 8.41. The zero-order valence-electron chi connectivity index (χ0n) is 8.41. The lowest BCUT2D eigenvalue weighted by molar-refractivity contribution is 0.429. The van der Waals surface area contributed by atoms with Crippen molar-refractivity contribution in [2.45, 2.75) is 0 Å². The molecule has 1 heterocycles. The first-order valence-electron chi connectivity index (χ1n) is 4.47. The van der Waals surface area contributed by atoms with Crippen LogP contribution in [0.25, 0.3) is 11.3 Å². The van der Waals surface area contributed by atoms with Crippen molar-refractivity contribution in [2.24, 2.45) is 7.05 Å². The van der Waals surface area contributed by atoms with Crippen LogP contribution in [-0.4, -0.2) is 14.9 Å². The van der Waals surface area contributed by atoms with Crippen molar-refractivity contribution in [3.05, 3.63) is 29.8 Å². The first-order chi connectivity index (χ1) is 7.50. The molecule has 2 rings (SSSR count). The maximum atomic E-state index is 13.5. The van der Waals surface area contributed by atoms with Crippen LogP contribution in [0.1, 0.15) is 0 Å². The SMILES string of the molecule is Cn1nc(-c2c(F)ccc(O)c2F)cc1N. The first kappa shape index (κ1) is 10.4. The fraction of sp³-hybridized carbons (Fsp3) is 0.100. The van der Waals surface area contributed by atoms with Crippen LogP contribution in [0.3, 0.4) is 0 Å². The van der Waals surface area contributed by atoms with Gasteiger partial charge in [-0.1, -0.05) is 0 Å². The number of nitrogens with zero attached hydrogens (tertiary/aromatic N) is 2. The van der Waals surface area contributed by atoms with Crippen molar-refractivity contribution in [3.63, 3.8) is 0 Å². The number of benzene rings is 1. The van der Waals surface area contributed by atoms with Gasteiger partial charge in [-0.2, -0.15) is 5.10 Å². The molecule has 1 aromatic heterocycles. The van der Waals surface area contributed by atoms with Crippen LogP contribution in [0.15, 0.2) is 18.2 Å². The van der Waals surface area contributed by atoms with Crippen LogP contribution in [0.5, 0.6) is 5.75 Å². The minimum atomic E-state index is -1.04. The van der Waals surface area contributed by atoms with E-state index in [1.165, 1.54) is 10.7 Å². The molecule has 0 atom stereocenters. The van der Waals surface area contributed by atoms with Gasteiger partial charge >= 0.3 is 0 Å². The minimum absolute atomic E-state index is 0.0471. The number of rotatable bonds is 1. The van der Waals surface area contributed by atoms with Gasteiger partial charge in [0.2, 0.25) is 0 Å². The minimum Gasteiger partial charge on any atom is -0.505 e. The summed E-state index contributed by atoms with van der Waals surface area (Å²) in [6, 6.07) is 3.25. The van der Waals surface area contributed by atoms with Gasteiger partial charge in [-0.05, 0) is 12.1 Å². The Balaban J connectivity index is 2.68. The molecule has 0 aliphatic carbocycles. The lowest BCUT2D eigenvalue weighted by Crippen LogP contribution is -1.97. The highest BCUT2D eigenvalue weighted by Gasteiger charge is 2.18. The number of aryl methyl sites for hydroxylation is 1. The molecule has 6 heteroatoms. The highest BCUT2D eigenvalue weighted by Crippen LogP contribution is 2.30. The van der Waals surface area contributed by atoms with E-state index in [-0.39, 0.29) is 17.1 Å². The highest BCUT2D eigenvalue weighted by atomic mass is 19.1. The Bertz CT molecular complexity index is 532. The molecule has 16 heavy (non-hydrogen) atoms. The van der Waals surface area contributed by atoms with Crippen molar-refractivity contribution in [3.8, 4) is 17.0 Å². The fourth-order valence-corrected chi connectivity index (χ4v) is 1.38. The Morgan fingerprint density at radius 2 is 2.06 bits per heavy atom. The van der Waals surface area contributed by atoms with Crippen LogP contribution in [-0.2, 0) is 7.05 Å². The van der Waals surface area contributed by atoms with Crippen LogP contribution >= 0.6 is 0 Å². The molecular formula is C10H9F2N3O. The third kappa shape index (κ3) is 1.48. The largest absolute Gasteiger partial charge is 0.505 e. The number of hydrogen-bond acceptors (Lipinski definition) is 3. The summed E-state index contributed by atoms with van der Waals surface area (Å²) in [6.45, 7) is 0. The number of phenols is 1. The number of nitrogen functional groups attached to an aromatic ring is 1. The number of nitrogens with two attached hydrogens (primary N) is 1. The van der Waals surface area contributed by atoms with E-state index in [2.05, 4.69) is 5.10 Å². The Hall–Kier alpha value is -2.11. The van der Waals surface area contributed by atoms with Gasteiger partial charge in [0.1, 0.15) is 17.3 Å². The molecule has 2 aromatic rings. The summed E-state index contributed by atoms with van der Waals surface area (Å²) in [5.74, 6) is -2.19. The number of aromatic hydroxyl groups is 1. The van der Waals surface area contributed by atoms with Gasteiger partial charge in [0.05, 0.1) is 5.56 Å². The molecule has 0 amide bonds. The zero-order chi connectivity index (χ0) is 11.9. The Labute approximate surface area is 89.9 Å². The van der Waals surface area contributed by atoms with Gasteiger partial charge < -0.3 is 10.8 Å². The molecule has 3 N–H and O–H groups in total. The number of halogens is 2. The second kappa shape index (κ2) is 3.48. The predicted molar refractivity (Wildman–Crippen MR) is 54.6 cm³/mol. The molecule has 0 saturated carbocycles. The Morgan fingerprint density at radius 1 is 1.38 bits per heavy atom. The van der Waals surface area contributed by atoms with E-state index in [1.54, 1.807) is 7.05 Å². The first-order valence-corrected chi connectivity index (χ1v) is 4.47. The summed E-state index contributed by atoms with van der Waals surface area (Å²) in [5, 5.41) is 13.0. The molecule has 84 valence electrons. The van der Waals surface area contributed by atoms with Gasteiger partial charge in [0.25, 0.3) is 0 Å². The summed E-state index contributed by atoms with van der Waals surface area (Å²) < 4.78 is 28.2. The van der Waals surface area contributed by atoms with E-state index < -0.39 is 17.4 Å². The topological polar surface area (TPSA) is 64.1 Å². The highest BCUT2D eigenvalue weighted by molar-refractivity contribution is 5.65. The quantitative estimate of drug-likeness (QED) is 0.775. The average Bonchev–Trinajstić information content (AvgIpc) is 2.54. The Morgan fingerprint density at radius 3 is 2.62 bits per heavy atom. The smallest absolute Gasteiger partial charge is 0.177 e. The molecule has 0 radical (unpaired) electrons. The summed E-state index contributed by atoms with van der Waals surface area (Å²) >= 11 is 0. The summed E-state index contributed by atoms with van der Waals surface area (Å²) in [7, 11) is 1.55. The third-order valence-corrected chi connectivity index (χ3v) is 2.24. The van der Waals surface area contributed by atoms with Crippen molar-refractivity contribution in [1.82, 2.24) is 9.78 Å². The molecule has 1 aromatic carbocycles.